The molecule has 0 amide bonds. The minimum Gasteiger partial charge on any atom is -0.322 e. The fraction of sp³-hybridized carbons (Fsp3) is 0.750. The summed E-state index contributed by atoms with van der Waals surface area (Å²) in [5.41, 5.74) is 10.7. The monoisotopic (exact) mass is 172 g/mol. The van der Waals surface area contributed by atoms with Crippen molar-refractivity contribution in [3.63, 3.8) is 0 Å². The quantitative estimate of drug-likeness (QED) is 0.404. The number of hydrogen-bond donors (Lipinski definition) is 2. The van der Waals surface area contributed by atoms with Crippen LogP contribution in [0.25, 0.3) is 0 Å². The molecule has 0 aromatic carbocycles. The molecule has 2 unspecified atom stereocenters. The predicted molar refractivity (Wildman–Crippen MR) is 46.5 cm³/mol. The van der Waals surface area contributed by atoms with Crippen LogP contribution in [0.3, 0.4) is 0 Å². The summed E-state index contributed by atoms with van der Waals surface area (Å²) in [6.07, 6.45) is 4.52. The Morgan fingerprint density at radius 1 is 0.917 bits per heavy atom. The second kappa shape index (κ2) is 6.94. The Bertz CT molecular complexity index is 123. The van der Waals surface area contributed by atoms with Crippen molar-refractivity contribution in [2.24, 2.45) is 11.5 Å². The maximum atomic E-state index is 10.1. The van der Waals surface area contributed by atoms with E-state index in [9.17, 15) is 9.59 Å². The van der Waals surface area contributed by atoms with E-state index in [-0.39, 0.29) is 12.1 Å². The Labute approximate surface area is 72.3 Å². The van der Waals surface area contributed by atoms with Gasteiger partial charge >= 0.3 is 0 Å². The van der Waals surface area contributed by atoms with Crippen LogP contribution in [0.2, 0.25) is 0 Å². The lowest BCUT2D eigenvalue weighted by Crippen LogP contribution is -2.23. The summed E-state index contributed by atoms with van der Waals surface area (Å²) in [6.45, 7) is 0. The van der Waals surface area contributed by atoms with Gasteiger partial charge in [0, 0.05) is 0 Å². The van der Waals surface area contributed by atoms with Crippen LogP contribution < -0.4 is 11.5 Å². The second-order valence-corrected chi connectivity index (χ2v) is 2.88. The third kappa shape index (κ3) is 6.00. The molecule has 4 nitrogen and oxygen atoms in total. The van der Waals surface area contributed by atoms with Gasteiger partial charge in [-0.25, -0.2) is 0 Å². The zero-order valence-corrected chi connectivity index (χ0v) is 7.11. The van der Waals surface area contributed by atoms with Gasteiger partial charge < -0.3 is 21.1 Å². The number of nitrogens with two attached hydrogens (primary N) is 2. The number of carbonyl (C=O) groups is 2. The molecule has 0 saturated carbocycles. The molecule has 0 heterocycles. The molecule has 0 aliphatic rings. The highest BCUT2D eigenvalue weighted by Crippen LogP contribution is 2.02. The molecule has 0 fully saturated rings. The van der Waals surface area contributed by atoms with Crippen LogP contribution in [0, 0.1) is 0 Å². The lowest BCUT2D eigenvalue weighted by molar-refractivity contribution is -0.110. The summed E-state index contributed by atoms with van der Waals surface area (Å²) in [6, 6.07) is -0.727. The van der Waals surface area contributed by atoms with E-state index in [1.165, 1.54) is 0 Å². The second-order valence-electron chi connectivity index (χ2n) is 2.88. The lowest BCUT2D eigenvalue weighted by atomic mass is 10.1. The Hall–Kier alpha value is -0.740. The van der Waals surface area contributed by atoms with Crippen molar-refractivity contribution >= 4 is 12.6 Å². The van der Waals surface area contributed by atoms with Gasteiger partial charge in [0.05, 0.1) is 12.1 Å². The molecule has 0 aromatic heterocycles. The normalized spacial score (nSPS) is 15.2. The third-order valence-corrected chi connectivity index (χ3v) is 1.67. The van der Waals surface area contributed by atoms with Crippen molar-refractivity contribution in [3.05, 3.63) is 0 Å². The predicted octanol–water partition coefficient (Wildman–Crippen LogP) is -0.401. The van der Waals surface area contributed by atoms with Crippen LogP contribution in [-0.2, 0) is 9.59 Å². The first-order chi connectivity index (χ1) is 5.70. The van der Waals surface area contributed by atoms with Crippen LogP contribution in [0.15, 0.2) is 0 Å². The first-order valence-corrected chi connectivity index (χ1v) is 4.12. The van der Waals surface area contributed by atoms with E-state index in [2.05, 4.69) is 0 Å². The average molecular weight is 172 g/mol. The van der Waals surface area contributed by atoms with Crippen molar-refractivity contribution in [2.45, 2.75) is 37.8 Å². The first kappa shape index (κ1) is 11.3. The summed E-state index contributed by atoms with van der Waals surface area (Å²) in [5, 5.41) is 0. The fourth-order valence-electron chi connectivity index (χ4n) is 0.896. The van der Waals surface area contributed by atoms with E-state index in [0.717, 1.165) is 25.4 Å². The molecule has 0 spiro atoms. The summed E-state index contributed by atoms with van der Waals surface area (Å²) >= 11 is 0. The lowest BCUT2D eigenvalue weighted by Gasteiger charge is -2.04. The summed E-state index contributed by atoms with van der Waals surface area (Å²) in [4.78, 5) is 20.2. The molecule has 0 bridgehead atoms. The smallest absolute Gasteiger partial charge is 0.136 e. The zero-order valence-electron chi connectivity index (χ0n) is 7.11. The van der Waals surface area contributed by atoms with Crippen molar-refractivity contribution in [1.29, 1.82) is 0 Å². The zero-order chi connectivity index (χ0) is 9.40. The number of aldehydes is 2. The molecule has 0 saturated heterocycles. The van der Waals surface area contributed by atoms with Crippen molar-refractivity contribution in [2.75, 3.05) is 0 Å². The number of unbranched alkanes of at least 4 members (excludes halogenated alkanes) is 1. The minimum absolute atomic E-state index is 0.363. The molecule has 4 N–H and O–H groups in total. The van der Waals surface area contributed by atoms with E-state index < -0.39 is 0 Å². The largest absolute Gasteiger partial charge is 0.322 e. The summed E-state index contributed by atoms with van der Waals surface area (Å²) in [7, 11) is 0. The van der Waals surface area contributed by atoms with E-state index in [4.69, 9.17) is 11.5 Å². The Kier molecular flexibility index (Phi) is 6.51. The van der Waals surface area contributed by atoms with Gasteiger partial charge in [0.25, 0.3) is 0 Å². The van der Waals surface area contributed by atoms with Gasteiger partial charge in [0.2, 0.25) is 0 Å². The Morgan fingerprint density at radius 3 is 1.50 bits per heavy atom. The van der Waals surface area contributed by atoms with E-state index in [0.29, 0.717) is 12.8 Å². The molecule has 70 valence electrons. The molecule has 0 aliphatic heterocycles. The van der Waals surface area contributed by atoms with Gasteiger partial charge in [0.15, 0.2) is 0 Å². The minimum atomic E-state index is -0.363. The van der Waals surface area contributed by atoms with Crippen LogP contribution in [0.1, 0.15) is 25.7 Å². The van der Waals surface area contributed by atoms with Crippen LogP contribution in [0.4, 0.5) is 0 Å². The van der Waals surface area contributed by atoms with Gasteiger partial charge in [0.1, 0.15) is 12.6 Å². The molecule has 0 rings (SSSR count). The Balaban J connectivity index is 3.20. The highest BCUT2D eigenvalue weighted by molar-refractivity contribution is 5.57. The highest BCUT2D eigenvalue weighted by Gasteiger charge is 2.01. The SMILES string of the molecule is NC(C=O)CCCCC(N)C=O. The molecule has 12 heavy (non-hydrogen) atoms. The number of hydrogen-bond acceptors (Lipinski definition) is 4. The topological polar surface area (TPSA) is 86.2 Å². The van der Waals surface area contributed by atoms with E-state index in [1.807, 2.05) is 0 Å². The maximum absolute atomic E-state index is 10.1. The van der Waals surface area contributed by atoms with Gasteiger partial charge in [-0.3, -0.25) is 0 Å². The first-order valence-electron chi connectivity index (χ1n) is 4.12. The Morgan fingerprint density at radius 2 is 1.25 bits per heavy atom. The van der Waals surface area contributed by atoms with Crippen molar-refractivity contribution in [1.82, 2.24) is 0 Å². The highest BCUT2D eigenvalue weighted by atomic mass is 16.1. The standard InChI is InChI=1S/C8H16N2O2/c9-7(5-11)3-1-2-4-8(10)6-12/h5-8H,1-4,9-10H2. The number of rotatable bonds is 7. The van der Waals surface area contributed by atoms with Gasteiger partial charge in [-0.2, -0.15) is 0 Å². The summed E-state index contributed by atoms with van der Waals surface area (Å²) in [5.74, 6) is 0. The molecule has 4 heteroatoms. The fourth-order valence-corrected chi connectivity index (χ4v) is 0.896. The molecule has 0 aromatic rings. The molecule has 0 aliphatic carbocycles. The van der Waals surface area contributed by atoms with Gasteiger partial charge in [-0.05, 0) is 12.8 Å². The molecule has 2 atom stereocenters. The van der Waals surface area contributed by atoms with E-state index >= 15 is 0 Å². The van der Waals surface area contributed by atoms with Crippen LogP contribution >= 0.6 is 0 Å². The van der Waals surface area contributed by atoms with Crippen LogP contribution in [0.5, 0.6) is 0 Å². The van der Waals surface area contributed by atoms with Gasteiger partial charge in [-0.1, -0.05) is 12.8 Å². The molecular formula is C8H16N2O2. The maximum Gasteiger partial charge on any atom is 0.136 e. The molecule has 0 radical (unpaired) electrons. The summed E-state index contributed by atoms with van der Waals surface area (Å²) < 4.78 is 0. The van der Waals surface area contributed by atoms with Gasteiger partial charge in [-0.15, -0.1) is 0 Å². The number of carbonyl (C=O) groups excluding carboxylic acids is 2. The van der Waals surface area contributed by atoms with E-state index in [1.54, 1.807) is 0 Å². The van der Waals surface area contributed by atoms with Crippen LogP contribution in [-0.4, -0.2) is 24.7 Å². The van der Waals surface area contributed by atoms with Crippen molar-refractivity contribution in [3.8, 4) is 0 Å². The molecular weight excluding hydrogens is 156 g/mol. The third-order valence-electron chi connectivity index (χ3n) is 1.67. The van der Waals surface area contributed by atoms with Crippen molar-refractivity contribution < 1.29 is 9.59 Å². The average Bonchev–Trinajstić information content (AvgIpc) is 2.11.